The molecule has 17 heavy (non-hydrogen) atoms. The smallest absolute Gasteiger partial charge is 0.402 e. The van der Waals surface area contributed by atoms with Crippen LogP contribution in [0.3, 0.4) is 0 Å². The van der Waals surface area contributed by atoms with E-state index in [4.69, 9.17) is 60.3 Å². The zero-order valence-corrected chi connectivity index (χ0v) is 9.82. The van der Waals surface area contributed by atoms with Crippen LogP contribution in [0.1, 0.15) is 0 Å². The van der Waals surface area contributed by atoms with Gasteiger partial charge in [0.15, 0.2) is 0 Å². The molecule has 0 heterocycles. The van der Waals surface area contributed by atoms with Gasteiger partial charge in [0.25, 0.3) is 0 Å². The van der Waals surface area contributed by atoms with Crippen molar-refractivity contribution in [3.63, 3.8) is 0 Å². The van der Waals surface area contributed by atoms with Crippen LogP contribution in [0.4, 0.5) is 0 Å². The maximum absolute atomic E-state index is 7.17. The van der Waals surface area contributed by atoms with Crippen LogP contribution in [0.2, 0.25) is 0 Å². The molecule has 0 aromatic heterocycles. The first-order valence-corrected chi connectivity index (χ1v) is 3.10. The predicted molar refractivity (Wildman–Crippen MR) is 49.6 cm³/mol. The van der Waals surface area contributed by atoms with E-state index < -0.39 is 29.3 Å². The molecule has 0 aromatic carbocycles. The minimum Gasteiger partial charge on any atom is -0.402 e. The monoisotopic (exact) mass is 414 g/mol. The van der Waals surface area contributed by atoms with E-state index >= 15 is 0 Å². The fourth-order valence-electron chi connectivity index (χ4n) is 0. The summed E-state index contributed by atoms with van der Waals surface area (Å²) in [4.78, 5) is 0. The molecule has 0 fully saturated rings. The van der Waals surface area contributed by atoms with Gasteiger partial charge in [-0.3, -0.25) is 0 Å². The van der Waals surface area contributed by atoms with E-state index in [9.17, 15) is 0 Å². The van der Waals surface area contributed by atoms with E-state index in [1.165, 1.54) is 0 Å². The molecule has 0 saturated carbocycles. The van der Waals surface area contributed by atoms with Gasteiger partial charge >= 0.3 is 29.3 Å². The second kappa shape index (κ2) is 25.8. The zero-order chi connectivity index (χ0) is 14.3. The summed E-state index contributed by atoms with van der Waals surface area (Å²) in [6, 6.07) is 0. The van der Waals surface area contributed by atoms with Crippen LogP contribution >= 0.6 is 0 Å². The molecular formula is H12B4ErO12. The van der Waals surface area contributed by atoms with Crippen molar-refractivity contribution in [3.05, 3.63) is 0 Å². The molecule has 0 bridgehead atoms. The molecule has 0 saturated heterocycles. The van der Waals surface area contributed by atoms with Crippen LogP contribution in [0.25, 0.3) is 0 Å². The van der Waals surface area contributed by atoms with Gasteiger partial charge in [-0.1, -0.05) is 0 Å². The second-order valence-corrected chi connectivity index (χ2v) is 1.39. The summed E-state index contributed by atoms with van der Waals surface area (Å²) in [5.74, 6) is 0. The van der Waals surface area contributed by atoms with Crippen molar-refractivity contribution < 1.29 is 97.6 Å². The Labute approximate surface area is 126 Å². The third-order valence-corrected chi connectivity index (χ3v) is 0. The third kappa shape index (κ3) is 3650. The molecule has 0 rings (SSSR count). The van der Waals surface area contributed by atoms with Gasteiger partial charge in [-0.05, 0) is 0 Å². The Kier molecular flexibility index (Phi) is 46.7. The zero-order valence-electron chi connectivity index (χ0n) is 7.96. The molecule has 0 spiro atoms. The van der Waals surface area contributed by atoms with Crippen molar-refractivity contribution >= 4 is 29.3 Å². The molecule has 0 aliphatic carbocycles. The number of hydrogen-bond donors (Lipinski definition) is 12. The van der Waals surface area contributed by atoms with Gasteiger partial charge in [-0.2, -0.15) is 0 Å². The van der Waals surface area contributed by atoms with Gasteiger partial charge in [0.2, 0.25) is 0 Å². The van der Waals surface area contributed by atoms with Crippen LogP contribution in [0.15, 0.2) is 0 Å². The molecule has 0 aliphatic rings. The Bertz CT molecular complexity index is 61.5. The largest absolute Gasteiger partial charge is 0.631 e. The molecule has 12 N–H and O–H groups in total. The molecule has 0 aromatic rings. The Hall–Kier alpha value is 1.03. The maximum Gasteiger partial charge on any atom is 0.631 e. The first-order chi connectivity index (χ1) is 6.93. The molecular weight excluding hydrogens is 402 g/mol. The van der Waals surface area contributed by atoms with Gasteiger partial charge in [-0.25, -0.2) is 0 Å². The van der Waals surface area contributed by atoms with Gasteiger partial charge < -0.3 is 60.3 Å². The molecule has 108 valence electrons. The Morgan fingerprint density at radius 3 is 0.294 bits per heavy atom. The van der Waals surface area contributed by atoms with Crippen molar-refractivity contribution in [2.24, 2.45) is 0 Å². The molecule has 0 unspecified atom stereocenters. The standard InChI is InChI=1S/4BH3O3.Er/c4*2-1(3)4;/h4*2-4H;. The molecule has 0 amide bonds. The van der Waals surface area contributed by atoms with Crippen molar-refractivity contribution in [1.82, 2.24) is 0 Å². The van der Waals surface area contributed by atoms with Crippen LogP contribution in [-0.4, -0.2) is 89.6 Å². The Morgan fingerprint density at radius 2 is 0.294 bits per heavy atom. The van der Waals surface area contributed by atoms with Crippen molar-refractivity contribution in [2.45, 2.75) is 0 Å². The summed E-state index contributed by atoms with van der Waals surface area (Å²) in [6.45, 7) is 0. The van der Waals surface area contributed by atoms with Crippen LogP contribution in [-0.2, 0) is 0 Å². The van der Waals surface area contributed by atoms with E-state index in [-0.39, 0.29) is 37.3 Å². The van der Waals surface area contributed by atoms with Crippen LogP contribution in [0.5, 0.6) is 0 Å². The number of hydrogen-bond acceptors (Lipinski definition) is 12. The van der Waals surface area contributed by atoms with Crippen molar-refractivity contribution in [1.29, 1.82) is 0 Å². The number of rotatable bonds is 0. The summed E-state index contributed by atoms with van der Waals surface area (Å²) < 4.78 is 0. The van der Waals surface area contributed by atoms with E-state index in [1.807, 2.05) is 0 Å². The van der Waals surface area contributed by atoms with Gasteiger partial charge in [-0.15, -0.1) is 0 Å². The van der Waals surface area contributed by atoms with Crippen LogP contribution < -0.4 is 0 Å². The molecule has 17 heteroatoms. The Balaban J connectivity index is -0.0000000369. The summed E-state index contributed by atoms with van der Waals surface area (Å²) in [5, 5.41) is 86.0. The first kappa shape index (κ1) is 30.8. The first-order valence-electron chi connectivity index (χ1n) is 3.10. The summed E-state index contributed by atoms with van der Waals surface area (Å²) in [7, 11) is -8.67. The van der Waals surface area contributed by atoms with Crippen molar-refractivity contribution in [3.8, 4) is 0 Å². The molecule has 0 aliphatic heterocycles. The second-order valence-electron chi connectivity index (χ2n) is 1.39. The minimum absolute atomic E-state index is 0. The van der Waals surface area contributed by atoms with Crippen LogP contribution in [0, 0.1) is 37.3 Å². The summed E-state index contributed by atoms with van der Waals surface area (Å²) in [6.07, 6.45) is 0. The normalized spacial score (nSPS) is 6.35. The topological polar surface area (TPSA) is 243 Å². The van der Waals surface area contributed by atoms with E-state index in [0.717, 1.165) is 0 Å². The fourth-order valence-corrected chi connectivity index (χ4v) is 0. The summed E-state index contributed by atoms with van der Waals surface area (Å²) in [5.41, 5.74) is 0. The Morgan fingerprint density at radius 1 is 0.294 bits per heavy atom. The molecule has 0 atom stereocenters. The summed E-state index contributed by atoms with van der Waals surface area (Å²) >= 11 is 0. The fraction of sp³-hybridized carbons (Fsp3) is 0. The van der Waals surface area contributed by atoms with E-state index in [2.05, 4.69) is 0 Å². The maximum atomic E-state index is 7.17. The average Bonchev–Trinajstić information content (AvgIpc) is 1.76. The molecule has 0 radical (unpaired) electrons. The average molecular weight is 415 g/mol. The van der Waals surface area contributed by atoms with Gasteiger partial charge in [0.05, 0.1) is 0 Å². The predicted octanol–water partition coefficient (Wildman–Crippen LogP) is -8.21. The quantitative estimate of drug-likeness (QED) is 0.165. The third-order valence-electron chi connectivity index (χ3n) is 0. The van der Waals surface area contributed by atoms with E-state index in [1.54, 1.807) is 0 Å². The van der Waals surface area contributed by atoms with Gasteiger partial charge in [0, 0.05) is 37.3 Å². The SMILES string of the molecule is OB(O)O.OB(O)O.OB(O)O.OB(O)O.[Er]. The van der Waals surface area contributed by atoms with E-state index in [0.29, 0.717) is 0 Å². The molecule has 12 nitrogen and oxygen atoms in total. The minimum atomic E-state index is -2.17. The van der Waals surface area contributed by atoms with Crippen molar-refractivity contribution in [2.75, 3.05) is 0 Å². The van der Waals surface area contributed by atoms with Gasteiger partial charge in [0.1, 0.15) is 0 Å².